The van der Waals surface area contributed by atoms with Crippen molar-refractivity contribution in [2.24, 2.45) is 0 Å². The molecule has 0 bridgehead atoms. The number of rotatable bonds is 3. The Kier molecular flexibility index (Phi) is 5.51. The lowest BCUT2D eigenvalue weighted by Gasteiger charge is -2.13. The highest BCUT2D eigenvalue weighted by Crippen LogP contribution is 2.38. The second kappa shape index (κ2) is 10.0. The van der Waals surface area contributed by atoms with Crippen LogP contribution < -0.4 is 0 Å². The molecule has 47 heavy (non-hydrogen) atoms. The summed E-state index contributed by atoms with van der Waals surface area (Å²) in [5.74, 6) is 1.79. The molecule has 218 valence electrons. The van der Waals surface area contributed by atoms with E-state index in [0.717, 1.165) is 49.2 Å². The Balaban J connectivity index is 1.26. The number of fused-ring (bicyclic) bond motifs is 9. The van der Waals surface area contributed by atoms with Gasteiger partial charge in [-0.3, -0.25) is 0 Å². The molecule has 0 atom stereocenters. The van der Waals surface area contributed by atoms with Gasteiger partial charge in [0, 0.05) is 28.3 Å². The maximum absolute atomic E-state index is 6.14. The minimum Gasteiger partial charge on any atom is -0.438 e. The Morgan fingerprint density at radius 1 is 0.404 bits per heavy atom. The van der Waals surface area contributed by atoms with Crippen LogP contribution in [0.5, 0.6) is 0 Å². The van der Waals surface area contributed by atoms with Crippen molar-refractivity contribution in [3.63, 3.8) is 0 Å². The molecule has 3 aromatic heterocycles. The molecule has 10 aromatic rings. The van der Waals surface area contributed by atoms with Crippen LogP contribution in [-0.2, 0) is 0 Å². The van der Waals surface area contributed by atoms with Gasteiger partial charge in [-0.15, -0.1) is 0 Å². The molecular formula is C42H24N4O. The van der Waals surface area contributed by atoms with Gasteiger partial charge in [0.05, 0.1) is 5.39 Å². The average molecular weight is 601 g/mol. The third kappa shape index (κ3) is 4.03. The van der Waals surface area contributed by atoms with Crippen molar-refractivity contribution in [1.82, 2.24) is 19.9 Å². The summed E-state index contributed by atoms with van der Waals surface area (Å²) < 4.78 is 6.14. The molecule has 5 nitrogen and oxygen atoms in total. The minimum absolute atomic E-state index is 0.557. The fourth-order valence-corrected chi connectivity index (χ4v) is 6.96. The van der Waals surface area contributed by atoms with Crippen LogP contribution in [0, 0.1) is 0 Å². The molecule has 3 heterocycles. The normalized spacial score (nSPS) is 11.8. The van der Waals surface area contributed by atoms with E-state index in [2.05, 4.69) is 120 Å². The highest BCUT2D eigenvalue weighted by Gasteiger charge is 2.19. The Labute approximate surface area is 268 Å². The zero-order valence-corrected chi connectivity index (χ0v) is 25.1. The Morgan fingerprint density at radius 3 is 1.96 bits per heavy atom. The van der Waals surface area contributed by atoms with E-state index in [1.54, 1.807) is 6.20 Å². The molecular weight excluding hydrogens is 576 g/mol. The van der Waals surface area contributed by atoms with E-state index < -0.39 is 0 Å². The van der Waals surface area contributed by atoms with Gasteiger partial charge in [-0.05, 0) is 61.3 Å². The van der Waals surface area contributed by atoms with Gasteiger partial charge in [0.1, 0.15) is 5.58 Å². The summed E-state index contributed by atoms with van der Waals surface area (Å²) in [6.07, 6.45) is 1.76. The molecule has 0 N–H and O–H groups in total. The van der Waals surface area contributed by atoms with Crippen molar-refractivity contribution in [2.45, 2.75) is 0 Å². The predicted octanol–water partition coefficient (Wildman–Crippen LogP) is 10.8. The predicted molar refractivity (Wildman–Crippen MR) is 191 cm³/mol. The quantitative estimate of drug-likeness (QED) is 0.189. The minimum atomic E-state index is 0.557. The highest BCUT2D eigenvalue weighted by molar-refractivity contribution is 6.19. The van der Waals surface area contributed by atoms with Gasteiger partial charge in [-0.1, -0.05) is 121 Å². The summed E-state index contributed by atoms with van der Waals surface area (Å²) in [5, 5.41) is 11.3. The van der Waals surface area contributed by atoms with Crippen molar-refractivity contribution in [3.8, 4) is 34.2 Å². The third-order valence-electron chi connectivity index (χ3n) is 9.19. The first-order valence-electron chi connectivity index (χ1n) is 15.6. The van der Waals surface area contributed by atoms with Gasteiger partial charge < -0.3 is 4.42 Å². The summed E-state index contributed by atoms with van der Waals surface area (Å²) in [6, 6.07) is 48.4. The smallest absolute Gasteiger partial charge is 0.228 e. The van der Waals surface area contributed by atoms with E-state index in [4.69, 9.17) is 19.4 Å². The van der Waals surface area contributed by atoms with E-state index in [-0.39, 0.29) is 0 Å². The van der Waals surface area contributed by atoms with Crippen molar-refractivity contribution < 1.29 is 4.42 Å². The van der Waals surface area contributed by atoms with E-state index in [1.165, 1.54) is 26.9 Å². The van der Waals surface area contributed by atoms with Crippen LogP contribution in [-0.4, -0.2) is 19.9 Å². The molecule has 0 aliphatic heterocycles. The molecule has 0 fully saturated rings. The van der Waals surface area contributed by atoms with E-state index >= 15 is 0 Å². The maximum Gasteiger partial charge on any atom is 0.228 e. The van der Waals surface area contributed by atoms with Gasteiger partial charge in [-0.25, -0.2) is 19.9 Å². The number of hydrogen-bond acceptors (Lipinski definition) is 5. The SMILES string of the molecule is c1ccc2cc(-c3nc(-c4cccc5c4ccc4c6ccccc6ccc54)nc(-c4ccnc5oc6ccccc6c45)n3)ccc2c1. The van der Waals surface area contributed by atoms with Crippen molar-refractivity contribution in [2.75, 3.05) is 0 Å². The lowest BCUT2D eigenvalue weighted by atomic mass is 9.95. The van der Waals surface area contributed by atoms with Gasteiger partial charge >= 0.3 is 0 Å². The van der Waals surface area contributed by atoms with Gasteiger partial charge in [0.25, 0.3) is 0 Å². The first-order valence-corrected chi connectivity index (χ1v) is 15.6. The van der Waals surface area contributed by atoms with E-state index in [0.29, 0.717) is 23.2 Å². The second-order valence-electron chi connectivity index (χ2n) is 11.9. The van der Waals surface area contributed by atoms with Crippen molar-refractivity contribution >= 4 is 65.2 Å². The average Bonchev–Trinajstić information content (AvgIpc) is 3.53. The van der Waals surface area contributed by atoms with E-state index in [9.17, 15) is 0 Å². The summed E-state index contributed by atoms with van der Waals surface area (Å²) in [6.45, 7) is 0. The monoisotopic (exact) mass is 600 g/mol. The largest absolute Gasteiger partial charge is 0.438 e. The van der Waals surface area contributed by atoms with Crippen LogP contribution in [0.25, 0.3) is 99.3 Å². The number of nitrogens with zero attached hydrogens (tertiary/aromatic N) is 4. The molecule has 10 rings (SSSR count). The van der Waals surface area contributed by atoms with Crippen LogP contribution in [0.3, 0.4) is 0 Å². The maximum atomic E-state index is 6.14. The highest BCUT2D eigenvalue weighted by atomic mass is 16.3. The number of hydrogen-bond donors (Lipinski definition) is 0. The van der Waals surface area contributed by atoms with Crippen LogP contribution in [0.1, 0.15) is 0 Å². The molecule has 7 aromatic carbocycles. The number of para-hydroxylation sites is 1. The fraction of sp³-hybridized carbons (Fsp3) is 0. The number of benzene rings is 7. The van der Waals surface area contributed by atoms with Crippen molar-refractivity contribution in [1.29, 1.82) is 0 Å². The molecule has 0 amide bonds. The Hall–Kier alpha value is -6.46. The molecule has 0 spiro atoms. The molecule has 0 aliphatic carbocycles. The molecule has 0 radical (unpaired) electrons. The number of aromatic nitrogens is 4. The lowest BCUT2D eigenvalue weighted by Crippen LogP contribution is -2.01. The third-order valence-corrected chi connectivity index (χ3v) is 9.19. The Bertz CT molecular complexity index is 2870. The zero-order chi connectivity index (χ0) is 30.9. The topological polar surface area (TPSA) is 64.7 Å². The molecule has 5 heteroatoms. The summed E-state index contributed by atoms with van der Waals surface area (Å²) in [7, 11) is 0. The Morgan fingerprint density at radius 2 is 1.04 bits per heavy atom. The van der Waals surface area contributed by atoms with Crippen molar-refractivity contribution in [3.05, 3.63) is 146 Å². The van der Waals surface area contributed by atoms with E-state index in [1.807, 2.05) is 24.3 Å². The second-order valence-corrected chi connectivity index (χ2v) is 11.9. The summed E-state index contributed by atoms with van der Waals surface area (Å²) in [4.78, 5) is 20.0. The molecule has 0 saturated heterocycles. The van der Waals surface area contributed by atoms with Gasteiger partial charge in [-0.2, -0.15) is 0 Å². The van der Waals surface area contributed by atoms with Gasteiger partial charge in [0.15, 0.2) is 17.5 Å². The standard InChI is InChI=1S/C42H24N4O/c1-2-10-27-24-28(17-16-25(27)8-1)39-44-40(46-41(45-39)36-22-23-43-42-38(36)35-12-5-6-15-37(35)47-42)34-14-7-13-30-32-19-18-26-9-3-4-11-29(26)31(32)20-21-33(30)34/h1-24H. The van der Waals surface area contributed by atoms with Crippen LogP contribution in [0.15, 0.2) is 150 Å². The van der Waals surface area contributed by atoms with Crippen LogP contribution in [0.2, 0.25) is 0 Å². The summed E-state index contributed by atoms with van der Waals surface area (Å²) >= 11 is 0. The van der Waals surface area contributed by atoms with Gasteiger partial charge in [0.2, 0.25) is 5.71 Å². The first kappa shape index (κ1) is 25.8. The van der Waals surface area contributed by atoms with Crippen LogP contribution >= 0.6 is 0 Å². The zero-order valence-electron chi connectivity index (χ0n) is 25.1. The lowest BCUT2D eigenvalue weighted by molar-refractivity contribution is 0.654. The molecule has 0 aliphatic rings. The summed E-state index contributed by atoms with van der Waals surface area (Å²) in [5.41, 5.74) is 4.06. The van der Waals surface area contributed by atoms with Crippen LogP contribution in [0.4, 0.5) is 0 Å². The first-order chi connectivity index (χ1) is 23.3. The molecule has 0 unspecified atom stereocenters. The fourth-order valence-electron chi connectivity index (χ4n) is 6.96. The molecule has 0 saturated carbocycles. The number of pyridine rings is 1. The number of furan rings is 1.